The maximum Gasteiger partial charge on any atom is 0.0937 e. The van der Waals surface area contributed by atoms with Crippen LogP contribution in [0.5, 0.6) is 0 Å². The van der Waals surface area contributed by atoms with Crippen molar-refractivity contribution in [3.05, 3.63) is 40.5 Å². The van der Waals surface area contributed by atoms with Crippen LogP contribution in [0.1, 0.15) is 95.3 Å². The highest BCUT2D eigenvalue weighted by atomic mass is 35.5. The average Bonchev–Trinajstić information content (AvgIpc) is 2.73. The predicted molar refractivity (Wildman–Crippen MR) is 130 cm³/mol. The van der Waals surface area contributed by atoms with Gasteiger partial charge in [0, 0.05) is 23.7 Å². The van der Waals surface area contributed by atoms with Crippen LogP contribution in [0, 0.1) is 6.92 Å². The Morgan fingerprint density at radius 2 is 1.50 bits per heavy atom. The predicted octanol–water partition coefficient (Wildman–Crippen LogP) is 7.47. The summed E-state index contributed by atoms with van der Waals surface area (Å²) in [5, 5.41) is 12.8. The minimum absolute atomic E-state index is 0.551. The fraction of sp³-hybridized carbons (Fsp3) is 0.654. The number of aryl methyl sites for hydroxylation is 1. The molecule has 1 atom stereocenters. The van der Waals surface area contributed by atoms with Gasteiger partial charge in [0.1, 0.15) is 0 Å². The van der Waals surface area contributed by atoms with Crippen LogP contribution in [-0.4, -0.2) is 34.6 Å². The molecule has 0 saturated carbocycles. The van der Waals surface area contributed by atoms with Gasteiger partial charge in [-0.2, -0.15) is 0 Å². The van der Waals surface area contributed by atoms with Crippen LogP contribution in [0.2, 0.25) is 5.02 Å². The Bertz CT molecular complexity index is 727. The Morgan fingerprint density at radius 1 is 0.900 bits per heavy atom. The van der Waals surface area contributed by atoms with Crippen molar-refractivity contribution >= 4 is 22.5 Å². The zero-order valence-electron chi connectivity index (χ0n) is 19.3. The lowest BCUT2D eigenvalue weighted by Gasteiger charge is -2.26. The molecule has 0 radical (unpaired) electrons. The lowest BCUT2D eigenvalue weighted by atomic mass is 10.0. The molecule has 1 aromatic carbocycles. The molecular formula is C26H41ClN2O. The number of aliphatic hydroxyl groups excluding tert-OH is 1. The van der Waals surface area contributed by atoms with Crippen LogP contribution < -0.4 is 0 Å². The van der Waals surface area contributed by atoms with E-state index in [9.17, 15) is 5.11 Å². The fourth-order valence-electron chi connectivity index (χ4n) is 4.19. The molecule has 30 heavy (non-hydrogen) atoms. The highest BCUT2D eigenvalue weighted by Crippen LogP contribution is 2.31. The molecule has 0 fully saturated rings. The summed E-state index contributed by atoms with van der Waals surface area (Å²) in [6.45, 7) is 9.34. The van der Waals surface area contributed by atoms with Crippen molar-refractivity contribution in [3.63, 3.8) is 0 Å². The van der Waals surface area contributed by atoms with Gasteiger partial charge in [0.15, 0.2) is 0 Å². The Hall–Kier alpha value is -1.16. The number of aromatic nitrogens is 1. The second-order valence-electron chi connectivity index (χ2n) is 8.63. The minimum atomic E-state index is -0.551. The highest BCUT2D eigenvalue weighted by Gasteiger charge is 2.18. The van der Waals surface area contributed by atoms with E-state index in [0.717, 1.165) is 35.1 Å². The number of rotatable bonds is 15. The lowest BCUT2D eigenvalue weighted by Crippen LogP contribution is -2.31. The van der Waals surface area contributed by atoms with Gasteiger partial charge in [-0.15, -0.1) is 0 Å². The first-order chi connectivity index (χ1) is 14.6. The first-order valence-electron chi connectivity index (χ1n) is 12.0. The molecule has 168 valence electrons. The summed E-state index contributed by atoms with van der Waals surface area (Å²) in [6, 6.07) is 5.82. The summed E-state index contributed by atoms with van der Waals surface area (Å²) in [7, 11) is 0. The van der Waals surface area contributed by atoms with E-state index in [2.05, 4.69) is 23.7 Å². The lowest BCUT2D eigenvalue weighted by molar-refractivity contribution is 0.111. The van der Waals surface area contributed by atoms with Gasteiger partial charge in [-0.3, -0.25) is 4.98 Å². The SMILES string of the molecule is CCCCCCCN(CCCCCCC)CC(O)c1ccc(Cl)c2c(C)ccnc12. The van der Waals surface area contributed by atoms with Crippen molar-refractivity contribution in [1.82, 2.24) is 9.88 Å². The summed E-state index contributed by atoms with van der Waals surface area (Å²) in [4.78, 5) is 7.02. The number of hydrogen-bond acceptors (Lipinski definition) is 3. The van der Waals surface area contributed by atoms with Gasteiger partial charge in [0.2, 0.25) is 0 Å². The summed E-state index contributed by atoms with van der Waals surface area (Å²) < 4.78 is 0. The number of nitrogens with zero attached hydrogens (tertiary/aromatic N) is 2. The number of fused-ring (bicyclic) bond motifs is 1. The zero-order chi connectivity index (χ0) is 21.8. The van der Waals surface area contributed by atoms with Crippen LogP contribution >= 0.6 is 11.6 Å². The van der Waals surface area contributed by atoms with E-state index >= 15 is 0 Å². The Balaban J connectivity index is 2.04. The summed E-state index contributed by atoms with van der Waals surface area (Å²) in [6.07, 6.45) is 14.1. The van der Waals surface area contributed by atoms with Crippen LogP contribution in [-0.2, 0) is 0 Å². The van der Waals surface area contributed by atoms with Gasteiger partial charge in [0.25, 0.3) is 0 Å². The molecule has 2 aromatic rings. The van der Waals surface area contributed by atoms with E-state index in [0.29, 0.717) is 11.6 Å². The van der Waals surface area contributed by atoms with Crippen LogP contribution in [0.3, 0.4) is 0 Å². The van der Waals surface area contributed by atoms with Gasteiger partial charge < -0.3 is 10.0 Å². The fourth-order valence-corrected chi connectivity index (χ4v) is 4.49. The first kappa shape index (κ1) is 25.1. The van der Waals surface area contributed by atoms with E-state index in [1.807, 2.05) is 31.3 Å². The van der Waals surface area contributed by atoms with Crippen molar-refractivity contribution in [2.45, 2.75) is 91.1 Å². The van der Waals surface area contributed by atoms with Gasteiger partial charge in [-0.1, -0.05) is 82.9 Å². The molecular weight excluding hydrogens is 392 g/mol. The van der Waals surface area contributed by atoms with E-state index < -0.39 is 6.10 Å². The molecule has 2 rings (SSSR count). The third kappa shape index (κ3) is 7.83. The van der Waals surface area contributed by atoms with Crippen LogP contribution in [0.4, 0.5) is 0 Å². The standard InChI is InChI=1S/C26H41ClN2O/c1-4-6-8-10-12-18-29(19-13-11-9-7-5-2)20-24(30)22-14-15-23(27)25-21(3)16-17-28-26(22)25/h14-17,24,30H,4-13,18-20H2,1-3H3. The topological polar surface area (TPSA) is 36.4 Å². The first-order valence-corrected chi connectivity index (χ1v) is 12.4. The molecule has 1 heterocycles. The molecule has 0 bridgehead atoms. The van der Waals surface area contributed by atoms with E-state index in [-0.39, 0.29) is 0 Å². The zero-order valence-corrected chi connectivity index (χ0v) is 20.1. The molecule has 0 spiro atoms. The van der Waals surface area contributed by atoms with Crippen molar-refractivity contribution < 1.29 is 5.11 Å². The monoisotopic (exact) mass is 432 g/mol. The smallest absolute Gasteiger partial charge is 0.0937 e. The Labute approximate surface area is 188 Å². The van der Waals surface area contributed by atoms with Crippen molar-refractivity contribution in [3.8, 4) is 0 Å². The van der Waals surface area contributed by atoms with Gasteiger partial charge in [-0.05, 0) is 50.6 Å². The summed E-state index contributed by atoms with van der Waals surface area (Å²) in [5.74, 6) is 0. The van der Waals surface area contributed by atoms with Gasteiger partial charge >= 0.3 is 0 Å². The van der Waals surface area contributed by atoms with Crippen LogP contribution in [0.25, 0.3) is 10.9 Å². The molecule has 0 saturated heterocycles. The van der Waals surface area contributed by atoms with Gasteiger partial charge in [-0.25, -0.2) is 0 Å². The molecule has 0 amide bonds. The quantitative estimate of drug-likeness (QED) is 0.296. The van der Waals surface area contributed by atoms with Crippen molar-refractivity contribution in [1.29, 1.82) is 0 Å². The molecule has 0 aliphatic heterocycles. The van der Waals surface area contributed by atoms with Crippen molar-refractivity contribution in [2.75, 3.05) is 19.6 Å². The summed E-state index contributed by atoms with van der Waals surface area (Å²) >= 11 is 6.43. The number of pyridine rings is 1. The second kappa shape index (κ2) is 14.0. The third-order valence-corrected chi connectivity index (χ3v) is 6.34. The molecule has 1 N–H and O–H groups in total. The number of hydrogen-bond donors (Lipinski definition) is 1. The minimum Gasteiger partial charge on any atom is -0.387 e. The molecule has 3 nitrogen and oxygen atoms in total. The Morgan fingerprint density at radius 3 is 2.10 bits per heavy atom. The molecule has 0 aliphatic carbocycles. The summed E-state index contributed by atoms with van der Waals surface area (Å²) in [5.41, 5.74) is 2.82. The average molecular weight is 433 g/mol. The van der Waals surface area contributed by atoms with E-state index in [1.54, 1.807) is 0 Å². The molecule has 1 unspecified atom stereocenters. The van der Waals surface area contributed by atoms with Crippen molar-refractivity contribution in [2.24, 2.45) is 0 Å². The number of halogens is 1. The molecule has 0 aliphatic rings. The normalized spacial score (nSPS) is 12.7. The highest BCUT2D eigenvalue weighted by molar-refractivity contribution is 6.35. The number of benzene rings is 1. The maximum absolute atomic E-state index is 11.1. The Kier molecular flexibility index (Phi) is 11.7. The van der Waals surface area contributed by atoms with E-state index in [1.165, 1.54) is 64.2 Å². The van der Waals surface area contributed by atoms with Crippen LogP contribution in [0.15, 0.2) is 24.4 Å². The largest absolute Gasteiger partial charge is 0.387 e. The molecule has 4 heteroatoms. The van der Waals surface area contributed by atoms with E-state index in [4.69, 9.17) is 11.6 Å². The molecule has 1 aromatic heterocycles. The van der Waals surface area contributed by atoms with Gasteiger partial charge in [0.05, 0.1) is 16.6 Å². The number of aliphatic hydroxyl groups is 1. The number of unbranched alkanes of at least 4 members (excludes halogenated alkanes) is 8. The second-order valence-corrected chi connectivity index (χ2v) is 9.04. The maximum atomic E-state index is 11.1. The third-order valence-electron chi connectivity index (χ3n) is 6.03.